The van der Waals surface area contributed by atoms with Crippen LogP contribution in [0.2, 0.25) is 0 Å². The Morgan fingerprint density at radius 3 is 3.18 bits per heavy atom. The molecular weight excluding hydrogens is 298 g/mol. The van der Waals surface area contributed by atoms with E-state index in [2.05, 4.69) is 25.8 Å². The summed E-state index contributed by atoms with van der Waals surface area (Å²) in [5, 5.41) is 13.3. The van der Waals surface area contributed by atoms with E-state index in [9.17, 15) is 4.79 Å². The van der Waals surface area contributed by atoms with Gasteiger partial charge in [0, 0.05) is 23.8 Å². The number of rotatable bonds is 3. The second-order valence-electron chi connectivity index (χ2n) is 5.39. The molecule has 3 heterocycles. The Morgan fingerprint density at radius 1 is 1.36 bits per heavy atom. The standard InChI is InChI=1S/C15H15N5OS/c21-15(13-6-12(19-20-13)9-3-4-16-7-9)18-10-1-2-11-14(5-10)22-8-17-11/h1-2,5-6,8-9,16H,3-4,7H2,(H,18,21)(H,19,20). The summed E-state index contributed by atoms with van der Waals surface area (Å²) in [5.74, 6) is 0.222. The lowest BCUT2D eigenvalue weighted by Crippen LogP contribution is -2.12. The molecule has 0 aliphatic carbocycles. The monoisotopic (exact) mass is 313 g/mol. The van der Waals surface area contributed by atoms with Crippen molar-refractivity contribution in [2.75, 3.05) is 18.4 Å². The summed E-state index contributed by atoms with van der Waals surface area (Å²) in [4.78, 5) is 16.5. The van der Waals surface area contributed by atoms with Crippen LogP contribution in [0, 0.1) is 0 Å². The molecule has 3 aromatic rings. The molecule has 0 spiro atoms. The average molecular weight is 313 g/mol. The first-order valence-corrected chi connectivity index (χ1v) is 8.08. The fourth-order valence-corrected chi connectivity index (χ4v) is 3.43. The van der Waals surface area contributed by atoms with E-state index >= 15 is 0 Å². The molecule has 0 radical (unpaired) electrons. The van der Waals surface area contributed by atoms with Gasteiger partial charge >= 0.3 is 0 Å². The number of H-pyrrole nitrogens is 1. The molecule has 1 saturated heterocycles. The van der Waals surface area contributed by atoms with Gasteiger partial charge in [-0.05, 0) is 37.2 Å². The lowest BCUT2D eigenvalue weighted by Gasteiger charge is -2.03. The average Bonchev–Trinajstić information content (AvgIpc) is 3.26. The van der Waals surface area contributed by atoms with Gasteiger partial charge in [0.1, 0.15) is 0 Å². The third-order valence-electron chi connectivity index (χ3n) is 3.92. The summed E-state index contributed by atoms with van der Waals surface area (Å²) >= 11 is 1.55. The number of benzene rings is 1. The first kappa shape index (κ1) is 13.4. The lowest BCUT2D eigenvalue weighted by atomic mass is 10.1. The Hall–Kier alpha value is -2.25. The summed E-state index contributed by atoms with van der Waals surface area (Å²) in [5.41, 5.74) is 4.94. The van der Waals surface area contributed by atoms with Crippen molar-refractivity contribution in [1.82, 2.24) is 20.5 Å². The predicted octanol–water partition coefficient (Wildman–Crippen LogP) is 2.35. The maximum Gasteiger partial charge on any atom is 0.276 e. The first-order chi connectivity index (χ1) is 10.8. The van der Waals surface area contributed by atoms with Gasteiger partial charge < -0.3 is 10.6 Å². The van der Waals surface area contributed by atoms with Gasteiger partial charge in [-0.2, -0.15) is 5.10 Å². The van der Waals surface area contributed by atoms with Gasteiger partial charge in [0.15, 0.2) is 5.69 Å². The van der Waals surface area contributed by atoms with Crippen LogP contribution in [-0.2, 0) is 0 Å². The summed E-state index contributed by atoms with van der Waals surface area (Å²) < 4.78 is 1.05. The largest absolute Gasteiger partial charge is 0.321 e. The SMILES string of the molecule is O=C(Nc1ccc2ncsc2c1)c1cc(C2CCNC2)[nH]n1. The van der Waals surface area contributed by atoms with Crippen LogP contribution in [0.3, 0.4) is 0 Å². The Bertz CT molecular complexity index is 818. The zero-order chi connectivity index (χ0) is 14.9. The fraction of sp³-hybridized carbons (Fsp3) is 0.267. The van der Waals surface area contributed by atoms with E-state index in [1.807, 2.05) is 24.3 Å². The number of nitrogens with zero attached hydrogens (tertiary/aromatic N) is 2. The molecular formula is C15H15N5OS. The number of nitrogens with one attached hydrogen (secondary N) is 3. The van der Waals surface area contributed by atoms with Crippen LogP contribution < -0.4 is 10.6 Å². The third kappa shape index (κ3) is 2.49. The Kier molecular flexibility index (Phi) is 3.36. The van der Waals surface area contributed by atoms with E-state index in [1.54, 1.807) is 16.8 Å². The minimum atomic E-state index is -0.197. The van der Waals surface area contributed by atoms with Crippen molar-refractivity contribution in [3.8, 4) is 0 Å². The van der Waals surface area contributed by atoms with E-state index in [1.165, 1.54) is 0 Å². The number of carbonyl (C=O) groups excluding carboxylic acids is 1. The van der Waals surface area contributed by atoms with Crippen molar-refractivity contribution >= 4 is 33.1 Å². The highest BCUT2D eigenvalue weighted by molar-refractivity contribution is 7.16. The van der Waals surface area contributed by atoms with E-state index in [4.69, 9.17) is 0 Å². The fourth-order valence-electron chi connectivity index (χ4n) is 2.71. The van der Waals surface area contributed by atoms with Crippen molar-refractivity contribution in [3.63, 3.8) is 0 Å². The van der Waals surface area contributed by atoms with Crippen molar-refractivity contribution in [1.29, 1.82) is 0 Å². The van der Waals surface area contributed by atoms with Gasteiger partial charge in [0.2, 0.25) is 0 Å². The molecule has 1 fully saturated rings. The predicted molar refractivity (Wildman–Crippen MR) is 86.4 cm³/mol. The summed E-state index contributed by atoms with van der Waals surface area (Å²) in [7, 11) is 0. The molecule has 6 nitrogen and oxygen atoms in total. The first-order valence-electron chi connectivity index (χ1n) is 7.20. The molecule has 1 atom stereocenters. The summed E-state index contributed by atoms with van der Waals surface area (Å²) in [6.45, 7) is 1.95. The number of carbonyl (C=O) groups is 1. The van der Waals surface area contributed by atoms with Gasteiger partial charge in [-0.15, -0.1) is 11.3 Å². The lowest BCUT2D eigenvalue weighted by molar-refractivity contribution is 0.102. The molecule has 1 unspecified atom stereocenters. The second-order valence-corrected chi connectivity index (χ2v) is 6.27. The van der Waals surface area contributed by atoms with Crippen molar-refractivity contribution in [3.05, 3.63) is 41.2 Å². The zero-order valence-corrected chi connectivity index (χ0v) is 12.6. The molecule has 2 aromatic heterocycles. The molecule has 3 N–H and O–H groups in total. The number of anilines is 1. The number of hydrogen-bond donors (Lipinski definition) is 3. The highest BCUT2D eigenvalue weighted by atomic mass is 32.1. The van der Waals surface area contributed by atoms with E-state index in [0.717, 1.165) is 41.1 Å². The maximum absolute atomic E-state index is 12.3. The minimum Gasteiger partial charge on any atom is -0.321 e. The van der Waals surface area contributed by atoms with Crippen molar-refractivity contribution in [2.24, 2.45) is 0 Å². The number of amides is 1. The van der Waals surface area contributed by atoms with Crippen LogP contribution in [0.5, 0.6) is 0 Å². The van der Waals surface area contributed by atoms with Crippen LogP contribution in [-0.4, -0.2) is 34.2 Å². The second kappa shape index (κ2) is 5.51. The normalized spacial score (nSPS) is 17.9. The third-order valence-corrected chi connectivity index (χ3v) is 4.71. The molecule has 1 aromatic carbocycles. The molecule has 22 heavy (non-hydrogen) atoms. The molecule has 0 bridgehead atoms. The highest BCUT2D eigenvalue weighted by Crippen LogP contribution is 2.23. The Morgan fingerprint density at radius 2 is 2.32 bits per heavy atom. The van der Waals surface area contributed by atoms with Gasteiger partial charge in [-0.25, -0.2) is 4.98 Å². The summed E-state index contributed by atoms with van der Waals surface area (Å²) in [6, 6.07) is 7.54. The smallest absolute Gasteiger partial charge is 0.276 e. The van der Waals surface area contributed by atoms with E-state index in [0.29, 0.717) is 11.6 Å². The number of aromatic amines is 1. The Balaban J connectivity index is 1.51. The topological polar surface area (TPSA) is 82.7 Å². The minimum absolute atomic E-state index is 0.197. The van der Waals surface area contributed by atoms with Crippen molar-refractivity contribution in [2.45, 2.75) is 12.3 Å². The molecule has 4 rings (SSSR count). The molecule has 112 valence electrons. The van der Waals surface area contributed by atoms with Crippen LogP contribution in [0.1, 0.15) is 28.5 Å². The number of hydrogen-bond acceptors (Lipinski definition) is 5. The molecule has 1 aliphatic heterocycles. The van der Waals surface area contributed by atoms with Crippen LogP contribution in [0.4, 0.5) is 5.69 Å². The van der Waals surface area contributed by atoms with Gasteiger partial charge in [0.25, 0.3) is 5.91 Å². The molecule has 1 aliphatic rings. The van der Waals surface area contributed by atoms with Gasteiger partial charge in [-0.3, -0.25) is 9.89 Å². The van der Waals surface area contributed by atoms with E-state index in [-0.39, 0.29) is 5.91 Å². The number of fused-ring (bicyclic) bond motifs is 1. The molecule has 7 heteroatoms. The zero-order valence-electron chi connectivity index (χ0n) is 11.8. The number of thiazole rings is 1. The molecule has 0 saturated carbocycles. The summed E-state index contributed by atoms with van der Waals surface area (Å²) in [6.07, 6.45) is 1.07. The quantitative estimate of drug-likeness (QED) is 0.693. The van der Waals surface area contributed by atoms with Gasteiger partial charge in [-0.1, -0.05) is 0 Å². The van der Waals surface area contributed by atoms with Crippen molar-refractivity contribution < 1.29 is 4.79 Å². The number of aromatic nitrogens is 3. The Labute approximate surface area is 131 Å². The van der Waals surface area contributed by atoms with Crippen LogP contribution in [0.15, 0.2) is 29.8 Å². The van der Waals surface area contributed by atoms with Crippen LogP contribution >= 0.6 is 11.3 Å². The van der Waals surface area contributed by atoms with Crippen LogP contribution in [0.25, 0.3) is 10.2 Å². The maximum atomic E-state index is 12.3. The molecule has 1 amide bonds. The van der Waals surface area contributed by atoms with Gasteiger partial charge in [0.05, 0.1) is 15.7 Å². The highest BCUT2D eigenvalue weighted by Gasteiger charge is 2.20. The van der Waals surface area contributed by atoms with E-state index < -0.39 is 0 Å².